The van der Waals surface area contributed by atoms with Crippen LogP contribution < -0.4 is 0 Å². The van der Waals surface area contributed by atoms with Gasteiger partial charge in [-0.3, -0.25) is 4.79 Å². The van der Waals surface area contributed by atoms with Crippen LogP contribution >= 0.6 is 0 Å². The molecule has 0 aliphatic heterocycles. The summed E-state index contributed by atoms with van der Waals surface area (Å²) in [5, 5.41) is 9.07. The smallest absolute Gasteiger partial charge is 0.176 e. The molecular formula is C13H18N2O. The Morgan fingerprint density at radius 3 is 2.56 bits per heavy atom. The first-order chi connectivity index (χ1) is 7.52. The standard InChI is InChI=1S/C13H18N2O/c1-5-6-12-11(8-14)7-13(10(4)16)15(12)9(2)3/h7,9H,5-6H2,1-4H3. The van der Waals surface area contributed by atoms with E-state index in [1.54, 1.807) is 13.0 Å². The van der Waals surface area contributed by atoms with Crippen LogP contribution in [0.15, 0.2) is 6.07 Å². The molecule has 0 fully saturated rings. The van der Waals surface area contributed by atoms with E-state index in [0.29, 0.717) is 11.3 Å². The van der Waals surface area contributed by atoms with Crippen molar-refractivity contribution in [3.05, 3.63) is 23.0 Å². The molecule has 1 aromatic heterocycles. The van der Waals surface area contributed by atoms with Crippen molar-refractivity contribution in [2.24, 2.45) is 0 Å². The summed E-state index contributed by atoms with van der Waals surface area (Å²) in [6, 6.07) is 4.10. The van der Waals surface area contributed by atoms with Crippen molar-refractivity contribution in [1.82, 2.24) is 4.57 Å². The van der Waals surface area contributed by atoms with Gasteiger partial charge in [0, 0.05) is 18.7 Å². The summed E-state index contributed by atoms with van der Waals surface area (Å²) in [6.07, 6.45) is 1.82. The topological polar surface area (TPSA) is 45.8 Å². The second-order valence-electron chi connectivity index (χ2n) is 4.27. The van der Waals surface area contributed by atoms with Gasteiger partial charge in [0.05, 0.1) is 11.3 Å². The van der Waals surface area contributed by atoms with Crippen molar-refractivity contribution in [1.29, 1.82) is 5.26 Å². The average molecular weight is 218 g/mol. The van der Waals surface area contributed by atoms with Crippen LogP contribution in [0.5, 0.6) is 0 Å². The van der Waals surface area contributed by atoms with Gasteiger partial charge in [-0.25, -0.2) is 0 Å². The maximum absolute atomic E-state index is 11.5. The molecule has 0 radical (unpaired) electrons. The molecule has 1 rings (SSSR count). The molecule has 0 saturated carbocycles. The van der Waals surface area contributed by atoms with Crippen molar-refractivity contribution in [2.75, 3.05) is 0 Å². The number of hydrogen-bond donors (Lipinski definition) is 0. The fourth-order valence-electron chi connectivity index (χ4n) is 2.01. The highest BCUT2D eigenvalue weighted by atomic mass is 16.1. The van der Waals surface area contributed by atoms with Crippen LogP contribution in [-0.4, -0.2) is 10.4 Å². The third-order valence-corrected chi connectivity index (χ3v) is 2.63. The SMILES string of the molecule is CCCc1c(C#N)cc(C(C)=O)n1C(C)C. The number of carbonyl (C=O) groups is 1. The fourth-order valence-corrected chi connectivity index (χ4v) is 2.01. The molecule has 0 aliphatic carbocycles. The van der Waals surface area contributed by atoms with E-state index in [1.165, 1.54) is 0 Å². The number of ketones is 1. The molecule has 0 N–H and O–H groups in total. The highest BCUT2D eigenvalue weighted by molar-refractivity contribution is 5.93. The van der Waals surface area contributed by atoms with E-state index >= 15 is 0 Å². The molecule has 0 bridgehead atoms. The summed E-state index contributed by atoms with van der Waals surface area (Å²) in [5.41, 5.74) is 2.28. The summed E-state index contributed by atoms with van der Waals surface area (Å²) in [7, 11) is 0. The van der Waals surface area contributed by atoms with E-state index in [-0.39, 0.29) is 11.8 Å². The van der Waals surface area contributed by atoms with Crippen LogP contribution in [0.2, 0.25) is 0 Å². The minimum Gasteiger partial charge on any atom is -0.338 e. The lowest BCUT2D eigenvalue weighted by atomic mass is 10.1. The highest BCUT2D eigenvalue weighted by Gasteiger charge is 2.18. The second-order valence-corrected chi connectivity index (χ2v) is 4.27. The molecule has 0 spiro atoms. The van der Waals surface area contributed by atoms with Crippen LogP contribution in [0.4, 0.5) is 0 Å². The molecule has 0 atom stereocenters. The Hall–Kier alpha value is -1.56. The average Bonchev–Trinajstić information content (AvgIpc) is 2.57. The normalized spacial score (nSPS) is 10.5. The lowest BCUT2D eigenvalue weighted by Gasteiger charge is -2.15. The van der Waals surface area contributed by atoms with Gasteiger partial charge in [-0.1, -0.05) is 13.3 Å². The van der Waals surface area contributed by atoms with Crippen molar-refractivity contribution in [3.63, 3.8) is 0 Å². The molecule has 16 heavy (non-hydrogen) atoms. The third kappa shape index (κ3) is 2.16. The zero-order chi connectivity index (χ0) is 12.3. The first kappa shape index (κ1) is 12.5. The number of hydrogen-bond acceptors (Lipinski definition) is 2. The lowest BCUT2D eigenvalue weighted by molar-refractivity contribution is 0.100. The minimum absolute atomic E-state index is 0.0209. The van der Waals surface area contributed by atoms with E-state index in [9.17, 15) is 4.79 Å². The first-order valence-electron chi connectivity index (χ1n) is 5.68. The number of nitrogens with zero attached hydrogens (tertiary/aromatic N) is 2. The van der Waals surface area contributed by atoms with Crippen LogP contribution in [0, 0.1) is 11.3 Å². The Labute approximate surface area is 96.7 Å². The number of Topliss-reactive ketones (excluding diaryl/α,β-unsaturated/α-hetero) is 1. The van der Waals surface area contributed by atoms with Gasteiger partial charge in [-0.15, -0.1) is 0 Å². The molecule has 0 aromatic carbocycles. The van der Waals surface area contributed by atoms with Crippen LogP contribution in [-0.2, 0) is 6.42 Å². The van der Waals surface area contributed by atoms with Gasteiger partial charge in [-0.05, 0) is 26.3 Å². The van der Waals surface area contributed by atoms with Gasteiger partial charge in [0.25, 0.3) is 0 Å². The van der Waals surface area contributed by atoms with Gasteiger partial charge >= 0.3 is 0 Å². The maximum atomic E-state index is 11.5. The highest BCUT2D eigenvalue weighted by Crippen LogP contribution is 2.22. The number of carbonyl (C=O) groups excluding carboxylic acids is 1. The quantitative estimate of drug-likeness (QED) is 0.729. The molecule has 86 valence electrons. The molecule has 0 saturated heterocycles. The summed E-state index contributed by atoms with van der Waals surface area (Å²) in [5.74, 6) is 0.0209. The lowest BCUT2D eigenvalue weighted by Crippen LogP contribution is -2.12. The number of aromatic nitrogens is 1. The molecule has 1 heterocycles. The van der Waals surface area contributed by atoms with Gasteiger partial charge < -0.3 is 4.57 Å². The molecule has 0 amide bonds. The van der Waals surface area contributed by atoms with Gasteiger partial charge in [-0.2, -0.15) is 5.26 Å². The Kier molecular flexibility index (Phi) is 3.89. The van der Waals surface area contributed by atoms with E-state index < -0.39 is 0 Å². The third-order valence-electron chi connectivity index (χ3n) is 2.63. The van der Waals surface area contributed by atoms with Crippen molar-refractivity contribution >= 4 is 5.78 Å². The number of rotatable bonds is 4. The second kappa shape index (κ2) is 4.98. The largest absolute Gasteiger partial charge is 0.338 e. The van der Waals surface area contributed by atoms with E-state index in [4.69, 9.17) is 5.26 Å². The van der Waals surface area contributed by atoms with Gasteiger partial charge in [0.15, 0.2) is 5.78 Å². The van der Waals surface area contributed by atoms with Crippen molar-refractivity contribution < 1.29 is 4.79 Å². The predicted octanol–water partition coefficient (Wildman–Crippen LogP) is 3.10. The summed E-state index contributed by atoms with van der Waals surface area (Å²) < 4.78 is 1.99. The summed E-state index contributed by atoms with van der Waals surface area (Å²) in [4.78, 5) is 11.5. The predicted molar refractivity (Wildman–Crippen MR) is 63.5 cm³/mol. The molecular weight excluding hydrogens is 200 g/mol. The van der Waals surface area contributed by atoms with Crippen LogP contribution in [0.25, 0.3) is 0 Å². The Balaban J connectivity index is 3.43. The number of nitriles is 1. The molecule has 3 heteroatoms. The van der Waals surface area contributed by atoms with Crippen molar-refractivity contribution in [3.8, 4) is 6.07 Å². The summed E-state index contributed by atoms with van der Waals surface area (Å²) in [6.45, 7) is 7.69. The van der Waals surface area contributed by atoms with E-state index in [1.807, 2.05) is 18.4 Å². The molecule has 1 aromatic rings. The Morgan fingerprint density at radius 2 is 2.19 bits per heavy atom. The Morgan fingerprint density at radius 1 is 1.56 bits per heavy atom. The van der Waals surface area contributed by atoms with Crippen molar-refractivity contribution in [2.45, 2.75) is 46.6 Å². The Bertz CT molecular complexity index is 436. The molecule has 0 aliphatic rings. The molecule has 0 unspecified atom stereocenters. The maximum Gasteiger partial charge on any atom is 0.176 e. The minimum atomic E-state index is 0.0209. The van der Waals surface area contributed by atoms with Crippen LogP contribution in [0.1, 0.15) is 61.9 Å². The van der Waals surface area contributed by atoms with Crippen LogP contribution in [0.3, 0.4) is 0 Å². The first-order valence-corrected chi connectivity index (χ1v) is 5.68. The van der Waals surface area contributed by atoms with Gasteiger partial charge in [0.1, 0.15) is 6.07 Å². The van der Waals surface area contributed by atoms with Gasteiger partial charge in [0.2, 0.25) is 0 Å². The zero-order valence-electron chi connectivity index (χ0n) is 10.4. The zero-order valence-corrected chi connectivity index (χ0v) is 10.4. The molecule has 3 nitrogen and oxygen atoms in total. The fraction of sp³-hybridized carbons (Fsp3) is 0.538. The monoisotopic (exact) mass is 218 g/mol. The van der Waals surface area contributed by atoms with E-state index in [2.05, 4.69) is 13.0 Å². The van der Waals surface area contributed by atoms with E-state index in [0.717, 1.165) is 18.5 Å². The summed E-state index contributed by atoms with van der Waals surface area (Å²) >= 11 is 0.